The van der Waals surface area contributed by atoms with Gasteiger partial charge in [0.15, 0.2) is 0 Å². The molecule has 0 bridgehead atoms. The van der Waals surface area contributed by atoms with Gasteiger partial charge in [-0.25, -0.2) is 0 Å². The normalized spacial score (nSPS) is 11.3. The molecule has 3 aromatic carbocycles. The zero-order valence-electron chi connectivity index (χ0n) is 24.0. The standard InChI is InChI=1S/C36H52P.HI/c1-2-3-4-5-6-7-8-9-10-11-12-13-14-15-16-26-33-37(34-27-20-17-21-28-34,35-29-22-18-23-30-35)36-31-24-19-25-32-36;/h17-25,27-32H,2-16,26,33H2,1H3;1H/q+1;/p-1. The van der Waals surface area contributed by atoms with Gasteiger partial charge < -0.3 is 24.0 Å². The molecule has 2 heteroatoms. The van der Waals surface area contributed by atoms with E-state index in [4.69, 9.17) is 0 Å². The van der Waals surface area contributed by atoms with Crippen LogP contribution < -0.4 is 39.9 Å². The van der Waals surface area contributed by atoms with Crippen LogP contribution in [0.3, 0.4) is 0 Å². The Morgan fingerprint density at radius 2 is 0.632 bits per heavy atom. The smallest absolute Gasteiger partial charge is 0.112 e. The van der Waals surface area contributed by atoms with E-state index in [-0.39, 0.29) is 24.0 Å². The van der Waals surface area contributed by atoms with E-state index in [0.717, 1.165) is 0 Å². The largest absolute Gasteiger partial charge is 1.00 e. The Labute approximate surface area is 252 Å². The monoisotopic (exact) mass is 642 g/mol. The molecule has 38 heavy (non-hydrogen) atoms. The molecule has 0 aliphatic carbocycles. The number of hydrogen-bond acceptors (Lipinski definition) is 0. The van der Waals surface area contributed by atoms with E-state index < -0.39 is 7.26 Å². The van der Waals surface area contributed by atoms with E-state index in [2.05, 4.69) is 97.9 Å². The molecular formula is C36H52IP. The van der Waals surface area contributed by atoms with Crippen molar-refractivity contribution in [2.75, 3.05) is 6.16 Å². The number of benzene rings is 3. The Morgan fingerprint density at radius 1 is 0.368 bits per heavy atom. The van der Waals surface area contributed by atoms with Gasteiger partial charge in [-0.05, 0) is 49.2 Å². The van der Waals surface area contributed by atoms with Crippen molar-refractivity contribution in [3.05, 3.63) is 91.0 Å². The average molecular weight is 643 g/mol. The van der Waals surface area contributed by atoms with E-state index in [1.165, 1.54) is 125 Å². The summed E-state index contributed by atoms with van der Waals surface area (Å²) >= 11 is 0. The van der Waals surface area contributed by atoms with Crippen LogP contribution in [0.15, 0.2) is 91.0 Å². The lowest BCUT2D eigenvalue weighted by Gasteiger charge is -2.27. The van der Waals surface area contributed by atoms with Crippen LogP contribution in [0, 0.1) is 0 Å². The number of halogens is 1. The van der Waals surface area contributed by atoms with Crippen molar-refractivity contribution in [2.24, 2.45) is 0 Å². The maximum atomic E-state index is 2.38. The molecule has 0 N–H and O–H groups in total. The second kappa shape index (κ2) is 20.7. The van der Waals surface area contributed by atoms with Gasteiger partial charge in [-0.3, -0.25) is 0 Å². The molecule has 3 rings (SSSR count). The van der Waals surface area contributed by atoms with Crippen LogP contribution in [0.1, 0.15) is 110 Å². The van der Waals surface area contributed by atoms with Gasteiger partial charge in [-0.15, -0.1) is 0 Å². The van der Waals surface area contributed by atoms with Gasteiger partial charge >= 0.3 is 0 Å². The molecule has 0 radical (unpaired) electrons. The molecule has 208 valence electrons. The van der Waals surface area contributed by atoms with Crippen molar-refractivity contribution in [3.8, 4) is 0 Å². The maximum absolute atomic E-state index is 2.38. The summed E-state index contributed by atoms with van der Waals surface area (Å²) in [6, 6.07) is 34.1. The molecule has 0 heterocycles. The highest BCUT2D eigenvalue weighted by Crippen LogP contribution is 2.56. The lowest BCUT2D eigenvalue weighted by atomic mass is 10.0. The number of rotatable bonds is 20. The molecule has 0 nitrogen and oxygen atoms in total. The van der Waals surface area contributed by atoms with Crippen LogP contribution in [0.25, 0.3) is 0 Å². The molecule has 0 aliphatic heterocycles. The minimum absolute atomic E-state index is 0. The lowest BCUT2D eigenvalue weighted by Crippen LogP contribution is -3.00. The Balaban J connectivity index is 0.00000507. The van der Waals surface area contributed by atoms with Gasteiger partial charge in [-0.1, -0.05) is 151 Å². The Bertz CT molecular complexity index is 829. The topological polar surface area (TPSA) is 0 Å². The average Bonchev–Trinajstić information content (AvgIpc) is 2.96. The summed E-state index contributed by atoms with van der Waals surface area (Å²) in [5.41, 5.74) is 0. The predicted octanol–water partition coefficient (Wildman–Crippen LogP) is 7.25. The first-order valence-electron chi connectivity index (χ1n) is 15.4. The van der Waals surface area contributed by atoms with Gasteiger partial charge in [0.05, 0.1) is 6.16 Å². The second-order valence-corrected chi connectivity index (χ2v) is 14.5. The van der Waals surface area contributed by atoms with Crippen LogP contribution in [0.2, 0.25) is 0 Å². The fourth-order valence-electron chi connectivity index (χ4n) is 5.78. The van der Waals surface area contributed by atoms with Crippen LogP contribution >= 0.6 is 7.26 Å². The summed E-state index contributed by atoms with van der Waals surface area (Å²) in [6.07, 6.45) is 24.0. The zero-order chi connectivity index (χ0) is 25.9. The number of hydrogen-bond donors (Lipinski definition) is 0. The van der Waals surface area contributed by atoms with E-state index >= 15 is 0 Å². The Hall–Kier alpha value is -1.18. The van der Waals surface area contributed by atoms with Crippen LogP contribution in [0.4, 0.5) is 0 Å². The van der Waals surface area contributed by atoms with Crippen molar-refractivity contribution >= 4 is 23.2 Å². The molecule has 0 saturated heterocycles. The molecule has 0 unspecified atom stereocenters. The second-order valence-electron chi connectivity index (χ2n) is 10.8. The van der Waals surface area contributed by atoms with Crippen molar-refractivity contribution in [1.29, 1.82) is 0 Å². The summed E-state index contributed by atoms with van der Waals surface area (Å²) in [4.78, 5) is 0. The third-order valence-electron chi connectivity index (χ3n) is 7.94. The summed E-state index contributed by atoms with van der Waals surface area (Å²) in [5, 5.41) is 4.56. The zero-order valence-corrected chi connectivity index (χ0v) is 27.1. The minimum atomic E-state index is -1.64. The van der Waals surface area contributed by atoms with Gasteiger partial charge in [0.25, 0.3) is 0 Å². The third kappa shape index (κ3) is 11.1. The highest BCUT2D eigenvalue weighted by molar-refractivity contribution is 7.95. The Morgan fingerprint density at radius 3 is 0.921 bits per heavy atom. The van der Waals surface area contributed by atoms with Gasteiger partial charge in [0.2, 0.25) is 0 Å². The molecule has 0 fully saturated rings. The fourth-order valence-corrected chi connectivity index (χ4v) is 10.2. The lowest BCUT2D eigenvalue weighted by molar-refractivity contribution is -0.00000762. The van der Waals surface area contributed by atoms with Crippen molar-refractivity contribution in [1.82, 2.24) is 0 Å². The summed E-state index contributed by atoms with van der Waals surface area (Å²) in [6.45, 7) is 2.30. The minimum Gasteiger partial charge on any atom is -1.00 e. The quantitative estimate of drug-likeness (QED) is 0.0693. The molecular weight excluding hydrogens is 590 g/mol. The highest BCUT2D eigenvalue weighted by atomic mass is 127. The highest BCUT2D eigenvalue weighted by Gasteiger charge is 2.44. The van der Waals surface area contributed by atoms with E-state index in [1.807, 2.05) is 0 Å². The van der Waals surface area contributed by atoms with Crippen LogP contribution in [-0.2, 0) is 0 Å². The molecule has 0 aliphatic rings. The van der Waals surface area contributed by atoms with Gasteiger partial charge in [0.1, 0.15) is 23.2 Å². The first-order chi connectivity index (χ1) is 18.4. The van der Waals surface area contributed by atoms with Gasteiger partial charge in [0, 0.05) is 0 Å². The SMILES string of the molecule is CCCCCCCCCCCCCCCCCC[P+](c1ccccc1)(c1ccccc1)c1ccccc1.[I-]. The van der Waals surface area contributed by atoms with Crippen molar-refractivity contribution < 1.29 is 24.0 Å². The van der Waals surface area contributed by atoms with E-state index in [1.54, 1.807) is 0 Å². The Kier molecular flexibility index (Phi) is 18.0. The first kappa shape index (κ1) is 33.0. The van der Waals surface area contributed by atoms with E-state index in [0.29, 0.717) is 0 Å². The van der Waals surface area contributed by atoms with E-state index in [9.17, 15) is 0 Å². The fraction of sp³-hybridized carbons (Fsp3) is 0.500. The molecule has 0 atom stereocenters. The predicted molar refractivity (Wildman–Crippen MR) is 170 cm³/mol. The molecule has 0 spiro atoms. The summed E-state index contributed by atoms with van der Waals surface area (Å²) in [7, 11) is -1.64. The maximum Gasteiger partial charge on any atom is 0.112 e. The van der Waals surface area contributed by atoms with Crippen molar-refractivity contribution in [2.45, 2.75) is 110 Å². The van der Waals surface area contributed by atoms with Crippen LogP contribution in [0.5, 0.6) is 0 Å². The molecule has 0 saturated carbocycles. The summed E-state index contributed by atoms with van der Waals surface area (Å²) < 4.78 is 0. The third-order valence-corrected chi connectivity index (χ3v) is 12.5. The molecule has 3 aromatic rings. The molecule has 0 amide bonds. The molecule has 0 aromatic heterocycles. The first-order valence-corrected chi connectivity index (χ1v) is 17.4. The number of unbranched alkanes of at least 4 members (excludes halogenated alkanes) is 15. The van der Waals surface area contributed by atoms with Crippen molar-refractivity contribution in [3.63, 3.8) is 0 Å². The van der Waals surface area contributed by atoms with Crippen LogP contribution in [-0.4, -0.2) is 6.16 Å². The van der Waals surface area contributed by atoms with Gasteiger partial charge in [-0.2, -0.15) is 0 Å². The summed E-state index contributed by atoms with van der Waals surface area (Å²) in [5.74, 6) is 0.